The van der Waals surface area contributed by atoms with Gasteiger partial charge in [-0.2, -0.15) is 0 Å². The van der Waals surface area contributed by atoms with Crippen LogP contribution in [0.25, 0.3) is 0 Å². The molecule has 106 valence electrons. The van der Waals surface area contributed by atoms with Crippen molar-refractivity contribution in [2.24, 2.45) is 0 Å². The minimum absolute atomic E-state index is 0.213. The van der Waals surface area contributed by atoms with Crippen LogP contribution in [0.5, 0.6) is 0 Å². The minimum Gasteiger partial charge on any atom is -0.325 e. The average molecular weight is 270 g/mol. The van der Waals surface area contributed by atoms with Gasteiger partial charge in [0.05, 0.1) is 18.1 Å². The van der Waals surface area contributed by atoms with Crippen molar-refractivity contribution in [1.29, 1.82) is 0 Å². The zero-order valence-electron chi connectivity index (χ0n) is 12.2. The molecule has 2 aromatic heterocycles. The van der Waals surface area contributed by atoms with Gasteiger partial charge in [-0.3, -0.25) is 4.98 Å². The topological polar surface area (TPSA) is 42.7 Å². The van der Waals surface area contributed by atoms with E-state index in [0.717, 1.165) is 31.6 Å². The Morgan fingerprint density at radius 3 is 2.80 bits per heavy atom. The molecule has 1 fully saturated rings. The first-order valence-electron chi connectivity index (χ1n) is 7.35. The van der Waals surface area contributed by atoms with E-state index < -0.39 is 0 Å². The first kappa shape index (κ1) is 13.3. The zero-order chi connectivity index (χ0) is 14.0. The number of nitrogens with zero attached hydrogens (tertiary/aromatic N) is 3. The van der Waals surface area contributed by atoms with Crippen LogP contribution < -0.4 is 5.32 Å². The van der Waals surface area contributed by atoms with Gasteiger partial charge in [0.1, 0.15) is 0 Å². The van der Waals surface area contributed by atoms with Crippen molar-refractivity contribution in [3.05, 3.63) is 48.3 Å². The summed E-state index contributed by atoms with van der Waals surface area (Å²) in [5, 5.41) is 3.44. The standard InChI is InChI=1S/C16H22N4/c1-13(14-5-3-4-8-19-14)20-12-18-11-15(20)16(2)6-9-17-10-7-16/h3-5,8,11-13,17H,6-7,9-10H2,1-2H3. The molecule has 2 aromatic rings. The molecule has 1 aliphatic heterocycles. The second-order valence-corrected chi connectivity index (χ2v) is 5.93. The molecule has 0 amide bonds. The zero-order valence-corrected chi connectivity index (χ0v) is 12.2. The monoisotopic (exact) mass is 270 g/mol. The van der Waals surface area contributed by atoms with Gasteiger partial charge in [-0.25, -0.2) is 4.98 Å². The number of nitrogens with one attached hydrogen (secondary N) is 1. The lowest BCUT2D eigenvalue weighted by Gasteiger charge is -2.35. The van der Waals surface area contributed by atoms with E-state index in [4.69, 9.17) is 0 Å². The van der Waals surface area contributed by atoms with Crippen LogP contribution in [0, 0.1) is 0 Å². The number of rotatable bonds is 3. The number of hydrogen-bond donors (Lipinski definition) is 1. The minimum atomic E-state index is 0.213. The van der Waals surface area contributed by atoms with E-state index in [1.807, 2.05) is 30.9 Å². The SMILES string of the molecule is CC(c1ccccn1)n1cncc1C1(C)CCNCC1. The normalized spacial score (nSPS) is 19.7. The summed E-state index contributed by atoms with van der Waals surface area (Å²) in [5.41, 5.74) is 2.63. The molecule has 1 N–H and O–H groups in total. The summed E-state index contributed by atoms with van der Waals surface area (Å²) in [4.78, 5) is 8.89. The Balaban J connectivity index is 1.94. The molecule has 1 atom stereocenters. The molecule has 4 nitrogen and oxygen atoms in total. The molecule has 1 saturated heterocycles. The van der Waals surface area contributed by atoms with E-state index in [9.17, 15) is 0 Å². The first-order chi connectivity index (χ1) is 9.71. The molecule has 0 bridgehead atoms. The van der Waals surface area contributed by atoms with Crippen molar-refractivity contribution in [2.45, 2.75) is 38.1 Å². The van der Waals surface area contributed by atoms with Crippen LogP contribution in [-0.2, 0) is 5.41 Å². The van der Waals surface area contributed by atoms with Crippen LogP contribution in [0.2, 0.25) is 0 Å². The molecule has 4 heteroatoms. The number of aromatic nitrogens is 3. The van der Waals surface area contributed by atoms with E-state index in [-0.39, 0.29) is 11.5 Å². The van der Waals surface area contributed by atoms with Crippen LogP contribution in [0.3, 0.4) is 0 Å². The molecular weight excluding hydrogens is 248 g/mol. The molecule has 0 aliphatic carbocycles. The molecular formula is C16H22N4. The van der Waals surface area contributed by atoms with Crippen LogP contribution in [-0.4, -0.2) is 27.6 Å². The summed E-state index contributed by atoms with van der Waals surface area (Å²) < 4.78 is 2.29. The molecule has 0 aromatic carbocycles. The molecule has 1 unspecified atom stereocenters. The van der Waals surface area contributed by atoms with E-state index in [0.29, 0.717) is 0 Å². The second-order valence-electron chi connectivity index (χ2n) is 5.93. The summed E-state index contributed by atoms with van der Waals surface area (Å²) in [6, 6.07) is 6.31. The van der Waals surface area contributed by atoms with Crippen molar-refractivity contribution in [2.75, 3.05) is 13.1 Å². The Morgan fingerprint density at radius 1 is 1.30 bits per heavy atom. The van der Waals surface area contributed by atoms with Crippen molar-refractivity contribution >= 4 is 0 Å². The fourth-order valence-electron chi connectivity index (χ4n) is 3.08. The van der Waals surface area contributed by atoms with Gasteiger partial charge >= 0.3 is 0 Å². The number of imidazole rings is 1. The van der Waals surface area contributed by atoms with Crippen molar-refractivity contribution < 1.29 is 0 Å². The molecule has 3 heterocycles. The van der Waals surface area contributed by atoms with Gasteiger partial charge in [-0.15, -0.1) is 0 Å². The van der Waals surface area contributed by atoms with Crippen LogP contribution >= 0.6 is 0 Å². The lowest BCUT2D eigenvalue weighted by Crippen LogP contribution is -2.39. The molecule has 1 aliphatic rings. The van der Waals surface area contributed by atoms with Gasteiger partial charge in [0.25, 0.3) is 0 Å². The van der Waals surface area contributed by atoms with Gasteiger partial charge in [-0.05, 0) is 45.0 Å². The molecule has 0 spiro atoms. The fourth-order valence-corrected chi connectivity index (χ4v) is 3.08. The van der Waals surface area contributed by atoms with E-state index in [2.05, 4.69) is 39.8 Å². The lowest BCUT2D eigenvalue weighted by molar-refractivity contribution is 0.313. The van der Waals surface area contributed by atoms with Crippen molar-refractivity contribution in [3.8, 4) is 0 Å². The third kappa shape index (κ3) is 2.36. The average Bonchev–Trinajstić information content (AvgIpc) is 2.98. The summed E-state index contributed by atoms with van der Waals surface area (Å²) >= 11 is 0. The van der Waals surface area contributed by atoms with Gasteiger partial charge in [0.2, 0.25) is 0 Å². The maximum Gasteiger partial charge on any atom is 0.0954 e. The Hall–Kier alpha value is -1.68. The maximum absolute atomic E-state index is 4.48. The summed E-state index contributed by atoms with van der Waals surface area (Å²) in [7, 11) is 0. The largest absolute Gasteiger partial charge is 0.325 e. The number of hydrogen-bond acceptors (Lipinski definition) is 3. The molecule has 3 rings (SSSR count). The summed E-state index contributed by atoms with van der Waals surface area (Å²) in [6.45, 7) is 6.71. The predicted octanol–water partition coefficient (Wildman–Crippen LogP) is 2.53. The highest BCUT2D eigenvalue weighted by Gasteiger charge is 2.32. The third-order valence-corrected chi connectivity index (χ3v) is 4.52. The fraction of sp³-hybridized carbons (Fsp3) is 0.500. The van der Waals surface area contributed by atoms with Gasteiger partial charge < -0.3 is 9.88 Å². The van der Waals surface area contributed by atoms with Crippen LogP contribution in [0.1, 0.15) is 44.1 Å². The Bertz CT molecular complexity index is 555. The summed E-state index contributed by atoms with van der Waals surface area (Å²) in [5.74, 6) is 0. The van der Waals surface area contributed by atoms with Crippen molar-refractivity contribution in [1.82, 2.24) is 19.9 Å². The molecule has 20 heavy (non-hydrogen) atoms. The first-order valence-corrected chi connectivity index (χ1v) is 7.35. The predicted molar refractivity (Wildman–Crippen MR) is 79.7 cm³/mol. The highest BCUT2D eigenvalue weighted by atomic mass is 15.1. The molecule has 0 radical (unpaired) electrons. The van der Waals surface area contributed by atoms with E-state index in [1.165, 1.54) is 5.69 Å². The van der Waals surface area contributed by atoms with Gasteiger partial charge in [-0.1, -0.05) is 13.0 Å². The Labute approximate surface area is 120 Å². The van der Waals surface area contributed by atoms with E-state index in [1.54, 1.807) is 0 Å². The van der Waals surface area contributed by atoms with Crippen LogP contribution in [0.4, 0.5) is 0 Å². The van der Waals surface area contributed by atoms with E-state index >= 15 is 0 Å². The Kier molecular flexibility index (Phi) is 3.57. The highest BCUT2D eigenvalue weighted by Crippen LogP contribution is 2.34. The van der Waals surface area contributed by atoms with Crippen LogP contribution in [0.15, 0.2) is 36.9 Å². The summed E-state index contributed by atoms with van der Waals surface area (Å²) in [6.07, 6.45) is 8.16. The maximum atomic E-state index is 4.48. The van der Waals surface area contributed by atoms with Gasteiger partial charge in [0.15, 0.2) is 0 Å². The van der Waals surface area contributed by atoms with Gasteiger partial charge in [0, 0.05) is 23.5 Å². The smallest absolute Gasteiger partial charge is 0.0954 e. The second kappa shape index (κ2) is 5.37. The molecule has 0 saturated carbocycles. The number of pyridine rings is 1. The Morgan fingerprint density at radius 2 is 2.10 bits per heavy atom. The number of piperidine rings is 1. The highest BCUT2D eigenvalue weighted by molar-refractivity contribution is 5.19. The van der Waals surface area contributed by atoms with Crippen molar-refractivity contribution in [3.63, 3.8) is 0 Å². The lowest BCUT2D eigenvalue weighted by atomic mass is 9.78. The third-order valence-electron chi connectivity index (χ3n) is 4.52. The quantitative estimate of drug-likeness (QED) is 0.932.